The van der Waals surface area contributed by atoms with Crippen molar-refractivity contribution in [2.24, 2.45) is 5.92 Å². The topological polar surface area (TPSA) is 43.1 Å². The zero-order valence-corrected chi connectivity index (χ0v) is 9.61. The van der Waals surface area contributed by atoms with Crippen molar-refractivity contribution in [1.82, 2.24) is 0 Å². The maximum Gasteiger partial charge on any atom is 0.136 e. The Morgan fingerprint density at radius 3 is 2.44 bits per heavy atom. The lowest BCUT2D eigenvalue weighted by Gasteiger charge is -2.07. The van der Waals surface area contributed by atoms with Gasteiger partial charge in [0.25, 0.3) is 0 Å². The fourth-order valence-electron chi connectivity index (χ4n) is 2.40. The average molecular weight is 217 g/mol. The highest BCUT2D eigenvalue weighted by atomic mass is 16.1. The molecule has 1 aliphatic rings. The van der Waals surface area contributed by atoms with E-state index in [0.29, 0.717) is 18.1 Å². The predicted molar refractivity (Wildman–Crippen MR) is 66.1 cm³/mol. The molecule has 0 heterocycles. The van der Waals surface area contributed by atoms with Crippen LogP contribution in [0, 0.1) is 5.92 Å². The van der Waals surface area contributed by atoms with Crippen LogP contribution < -0.4 is 5.73 Å². The fraction of sp³-hybridized carbons (Fsp3) is 0.500. The van der Waals surface area contributed by atoms with E-state index in [1.54, 1.807) is 0 Å². The van der Waals surface area contributed by atoms with Gasteiger partial charge in [0.1, 0.15) is 5.78 Å². The highest BCUT2D eigenvalue weighted by Crippen LogP contribution is 2.26. The van der Waals surface area contributed by atoms with Crippen molar-refractivity contribution in [2.45, 2.75) is 38.5 Å². The first-order valence-electron chi connectivity index (χ1n) is 6.13. The molecule has 86 valence electrons. The third kappa shape index (κ3) is 2.84. The molecule has 0 atom stereocenters. The molecule has 1 aliphatic carbocycles. The number of carbonyl (C=O) groups is 1. The Balaban J connectivity index is 1.82. The number of ketones is 1. The van der Waals surface area contributed by atoms with Crippen LogP contribution in [-0.4, -0.2) is 5.78 Å². The third-order valence-electron chi connectivity index (χ3n) is 3.45. The first kappa shape index (κ1) is 11.2. The second-order valence-corrected chi connectivity index (χ2v) is 4.69. The molecule has 0 spiro atoms. The predicted octanol–water partition coefficient (Wildman–Crippen LogP) is 2.96. The van der Waals surface area contributed by atoms with Gasteiger partial charge in [-0.2, -0.15) is 0 Å². The van der Waals surface area contributed by atoms with Gasteiger partial charge in [-0.25, -0.2) is 0 Å². The van der Waals surface area contributed by atoms with Crippen LogP contribution in [0.15, 0.2) is 24.3 Å². The second kappa shape index (κ2) is 5.15. The molecular formula is C14H19NO. The van der Waals surface area contributed by atoms with Crippen LogP contribution in [0.4, 0.5) is 5.69 Å². The molecule has 0 aliphatic heterocycles. The molecule has 2 heteroatoms. The SMILES string of the molecule is Nc1ccc(CCC(=O)C2CCCC2)cc1. The lowest BCUT2D eigenvalue weighted by molar-refractivity contribution is -0.122. The number of hydrogen-bond donors (Lipinski definition) is 1. The summed E-state index contributed by atoms with van der Waals surface area (Å²) < 4.78 is 0. The van der Waals surface area contributed by atoms with Crippen molar-refractivity contribution >= 4 is 11.5 Å². The van der Waals surface area contributed by atoms with E-state index in [-0.39, 0.29) is 0 Å². The van der Waals surface area contributed by atoms with Crippen LogP contribution in [0.25, 0.3) is 0 Å². The van der Waals surface area contributed by atoms with Crippen LogP contribution in [0.3, 0.4) is 0 Å². The molecule has 1 aromatic carbocycles. The highest BCUT2D eigenvalue weighted by molar-refractivity contribution is 5.81. The minimum atomic E-state index is 0.355. The molecule has 1 fully saturated rings. The van der Waals surface area contributed by atoms with Crippen molar-refractivity contribution in [3.05, 3.63) is 29.8 Å². The first-order valence-corrected chi connectivity index (χ1v) is 6.13. The smallest absolute Gasteiger partial charge is 0.136 e. The Morgan fingerprint density at radius 1 is 1.19 bits per heavy atom. The largest absolute Gasteiger partial charge is 0.399 e. The van der Waals surface area contributed by atoms with Gasteiger partial charge in [-0.15, -0.1) is 0 Å². The van der Waals surface area contributed by atoms with E-state index in [1.165, 1.54) is 18.4 Å². The highest BCUT2D eigenvalue weighted by Gasteiger charge is 2.21. The van der Waals surface area contributed by atoms with E-state index in [9.17, 15) is 4.79 Å². The quantitative estimate of drug-likeness (QED) is 0.788. The van der Waals surface area contributed by atoms with Gasteiger partial charge in [-0.1, -0.05) is 25.0 Å². The lowest BCUT2D eigenvalue weighted by atomic mass is 9.97. The Labute approximate surface area is 96.8 Å². The van der Waals surface area contributed by atoms with Crippen LogP contribution in [0.5, 0.6) is 0 Å². The zero-order chi connectivity index (χ0) is 11.4. The Kier molecular flexibility index (Phi) is 3.60. The number of anilines is 1. The number of Topliss-reactive ketones (excluding diaryl/α,β-unsaturated/α-hetero) is 1. The summed E-state index contributed by atoms with van der Waals surface area (Å²) in [5, 5.41) is 0. The number of hydrogen-bond acceptors (Lipinski definition) is 2. The zero-order valence-electron chi connectivity index (χ0n) is 9.61. The Morgan fingerprint density at radius 2 is 1.81 bits per heavy atom. The number of carbonyl (C=O) groups excluding carboxylic acids is 1. The third-order valence-corrected chi connectivity index (χ3v) is 3.45. The van der Waals surface area contributed by atoms with E-state index in [4.69, 9.17) is 5.73 Å². The summed E-state index contributed by atoms with van der Waals surface area (Å²) in [4.78, 5) is 11.9. The molecule has 2 rings (SSSR count). The lowest BCUT2D eigenvalue weighted by Crippen LogP contribution is -2.11. The molecule has 2 nitrogen and oxygen atoms in total. The summed E-state index contributed by atoms with van der Waals surface area (Å²) in [6.07, 6.45) is 6.24. The Bertz CT molecular complexity index is 350. The molecule has 1 saturated carbocycles. The average Bonchev–Trinajstić information content (AvgIpc) is 2.81. The number of benzene rings is 1. The van der Waals surface area contributed by atoms with Gasteiger partial charge in [0.15, 0.2) is 0 Å². The van der Waals surface area contributed by atoms with E-state index in [2.05, 4.69) is 0 Å². The van der Waals surface area contributed by atoms with Gasteiger partial charge in [-0.05, 0) is 37.0 Å². The van der Waals surface area contributed by atoms with Gasteiger partial charge >= 0.3 is 0 Å². The number of nitrogens with two attached hydrogens (primary N) is 1. The molecular weight excluding hydrogens is 198 g/mol. The maximum absolute atomic E-state index is 11.9. The van der Waals surface area contributed by atoms with Gasteiger partial charge in [0.05, 0.1) is 0 Å². The van der Waals surface area contributed by atoms with E-state index < -0.39 is 0 Å². The molecule has 0 amide bonds. The summed E-state index contributed by atoms with van der Waals surface area (Å²) in [6, 6.07) is 7.82. The molecule has 16 heavy (non-hydrogen) atoms. The van der Waals surface area contributed by atoms with Gasteiger partial charge in [-0.3, -0.25) is 4.79 Å². The summed E-state index contributed by atoms with van der Waals surface area (Å²) in [5.41, 5.74) is 7.61. The van der Waals surface area contributed by atoms with E-state index in [1.807, 2.05) is 24.3 Å². The van der Waals surface area contributed by atoms with Gasteiger partial charge in [0, 0.05) is 18.0 Å². The molecule has 0 saturated heterocycles. The van der Waals surface area contributed by atoms with Crippen LogP contribution in [0.2, 0.25) is 0 Å². The molecule has 2 N–H and O–H groups in total. The van der Waals surface area contributed by atoms with Crippen LogP contribution in [-0.2, 0) is 11.2 Å². The standard InChI is InChI=1S/C14H19NO/c15-13-8-5-11(6-9-13)7-10-14(16)12-3-1-2-4-12/h5-6,8-9,12H,1-4,7,10,15H2. The van der Waals surface area contributed by atoms with Gasteiger partial charge < -0.3 is 5.73 Å². The monoisotopic (exact) mass is 217 g/mol. The second-order valence-electron chi connectivity index (χ2n) is 4.69. The summed E-state index contributed by atoms with van der Waals surface area (Å²) in [7, 11) is 0. The molecule has 0 aromatic heterocycles. The van der Waals surface area contributed by atoms with Crippen LogP contribution in [0.1, 0.15) is 37.7 Å². The molecule has 1 aromatic rings. The normalized spacial score (nSPS) is 16.5. The number of aryl methyl sites for hydroxylation is 1. The molecule has 0 unspecified atom stereocenters. The number of rotatable bonds is 4. The van der Waals surface area contributed by atoms with Crippen molar-refractivity contribution < 1.29 is 4.79 Å². The van der Waals surface area contributed by atoms with Gasteiger partial charge in [0.2, 0.25) is 0 Å². The summed E-state index contributed by atoms with van der Waals surface area (Å²) >= 11 is 0. The molecule has 0 radical (unpaired) electrons. The fourth-order valence-corrected chi connectivity index (χ4v) is 2.40. The van der Waals surface area contributed by atoms with E-state index >= 15 is 0 Å². The number of nitrogen functional groups attached to an aromatic ring is 1. The van der Waals surface area contributed by atoms with E-state index in [0.717, 1.165) is 24.9 Å². The summed E-state index contributed by atoms with van der Waals surface area (Å²) in [6.45, 7) is 0. The van der Waals surface area contributed by atoms with Crippen LogP contribution >= 0.6 is 0 Å². The van der Waals surface area contributed by atoms with Crippen molar-refractivity contribution in [3.8, 4) is 0 Å². The maximum atomic E-state index is 11.9. The van der Waals surface area contributed by atoms with Crippen molar-refractivity contribution in [1.29, 1.82) is 0 Å². The Hall–Kier alpha value is -1.31. The first-order chi connectivity index (χ1) is 7.75. The minimum Gasteiger partial charge on any atom is -0.399 e. The van der Waals surface area contributed by atoms with Crippen molar-refractivity contribution in [3.63, 3.8) is 0 Å². The minimum absolute atomic E-state index is 0.355. The van der Waals surface area contributed by atoms with Crippen molar-refractivity contribution in [2.75, 3.05) is 5.73 Å². The summed E-state index contributed by atoms with van der Waals surface area (Å²) in [5.74, 6) is 0.808. The molecule has 0 bridgehead atoms.